The fraction of sp³-hybridized carbons (Fsp3) is 0. The van der Waals surface area contributed by atoms with Gasteiger partial charge >= 0.3 is 0 Å². The molecule has 8 aromatic carbocycles. The van der Waals surface area contributed by atoms with Gasteiger partial charge in [0.05, 0.1) is 11.0 Å². The molecule has 0 aliphatic carbocycles. The van der Waals surface area contributed by atoms with Gasteiger partial charge in [-0.05, 0) is 87.5 Å². The van der Waals surface area contributed by atoms with Crippen LogP contribution in [0.3, 0.4) is 0 Å². The number of benzene rings is 8. The zero-order chi connectivity index (χ0) is 33.7. The van der Waals surface area contributed by atoms with Crippen LogP contribution in [0.2, 0.25) is 0 Å². The predicted molar refractivity (Wildman–Crippen MR) is 217 cm³/mol. The SMILES string of the molecule is c1ccc(-c2ccc3c(c2)Sc2cccc(-c4ccc5c6ccccc6n(-c6ccccc6)c5c4)c2-c2ccccc2Sc2ccccc2-3)cc1. The lowest BCUT2D eigenvalue weighted by atomic mass is 9.93. The van der Waals surface area contributed by atoms with E-state index in [2.05, 4.69) is 193 Å². The van der Waals surface area contributed by atoms with Gasteiger partial charge in [0.25, 0.3) is 0 Å². The molecule has 0 atom stereocenters. The zero-order valence-electron chi connectivity index (χ0n) is 27.7. The van der Waals surface area contributed by atoms with Crippen LogP contribution in [-0.2, 0) is 0 Å². The Morgan fingerprint density at radius 1 is 0.314 bits per heavy atom. The van der Waals surface area contributed by atoms with Crippen molar-refractivity contribution in [2.45, 2.75) is 19.6 Å². The number of hydrogen-bond donors (Lipinski definition) is 0. The Labute approximate surface area is 306 Å². The molecule has 240 valence electrons. The highest BCUT2D eigenvalue weighted by Crippen LogP contribution is 2.51. The minimum atomic E-state index is 1.17. The van der Waals surface area contributed by atoms with E-state index in [-0.39, 0.29) is 0 Å². The molecule has 9 aromatic rings. The number of nitrogens with zero attached hydrogens (tertiary/aromatic N) is 1. The highest BCUT2D eigenvalue weighted by atomic mass is 32.2. The molecule has 1 aliphatic heterocycles. The number of fused-ring (bicyclic) bond motifs is 9. The summed E-state index contributed by atoms with van der Waals surface area (Å²) in [5.74, 6) is 0. The van der Waals surface area contributed by atoms with Crippen molar-refractivity contribution < 1.29 is 0 Å². The molecule has 3 heteroatoms. The Morgan fingerprint density at radius 2 is 0.902 bits per heavy atom. The number of rotatable bonds is 3. The Balaban J connectivity index is 1.23. The highest BCUT2D eigenvalue weighted by Gasteiger charge is 2.23. The molecule has 0 saturated carbocycles. The molecule has 10 rings (SSSR count). The van der Waals surface area contributed by atoms with Gasteiger partial charge in [-0.1, -0.05) is 163 Å². The van der Waals surface area contributed by atoms with Gasteiger partial charge in [-0.3, -0.25) is 0 Å². The van der Waals surface area contributed by atoms with Crippen LogP contribution in [0.1, 0.15) is 0 Å². The molecule has 2 heterocycles. The molecule has 51 heavy (non-hydrogen) atoms. The molecule has 0 unspecified atom stereocenters. The lowest BCUT2D eigenvalue weighted by molar-refractivity contribution is 1.18. The molecule has 1 nitrogen and oxygen atoms in total. The van der Waals surface area contributed by atoms with Crippen LogP contribution in [0, 0.1) is 0 Å². The third kappa shape index (κ3) is 5.20. The monoisotopic (exact) mass is 685 g/mol. The summed E-state index contributed by atoms with van der Waals surface area (Å²) < 4.78 is 2.41. The Bertz CT molecular complexity index is 2740. The minimum absolute atomic E-state index is 1.17. The number of para-hydroxylation sites is 2. The summed E-state index contributed by atoms with van der Waals surface area (Å²) in [5.41, 5.74) is 13.5. The van der Waals surface area contributed by atoms with E-state index in [0.29, 0.717) is 0 Å². The van der Waals surface area contributed by atoms with E-state index in [9.17, 15) is 0 Å². The van der Waals surface area contributed by atoms with E-state index in [1.807, 2.05) is 23.5 Å². The maximum atomic E-state index is 2.41. The quantitative estimate of drug-likeness (QED) is 0.182. The smallest absolute Gasteiger partial charge is 0.0547 e. The molecule has 0 amide bonds. The standard InChI is InChI=1S/C48H31NS2/c1-3-14-32(15-4-1)33-26-29-40-39-19-8-11-23-44(39)50-45-24-12-9-20-41(45)48-36(21-13-25-46(48)51-47(40)31-33)34-27-28-38-37-18-7-10-22-42(37)49(43(38)30-34)35-16-5-2-6-17-35/h1-31H. The molecule has 1 aliphatic rings. The van der Waals surface area contributed by atoms with E-state index < -0.39 is 0 Å². The van der Waals surface area contributed by atoms with Crippen molar-refractivity contribution in [2.24, 2.45) is 0 Å². The van der Waals surface area contributed by atoms with E-state index in [4.69, 9.17) is 0 Å². The fourth-order valence-electron chi connectivity index (χ4n) is 7.54. The van der Waals surface area contributed by atoms with Gasteiger partial charge in [-0.2, -0.15) is 0 Å². The summed E-state index contributed by atoms with van der Waals surface area (Å²) in [6.07, 6.45) is 0. The van der Waals surface area contributed by atoms with E-state index >= 15 is 0 Å². The molecule has 0 saturated heterocycles. The van der Waals surface area contributed by atoms with Crippen LogP contribution in [0.5, 0.6) is 0 Å². The van der Waals surface area contributed by atoms with Crippen LogP contribution in [-0.4, -0.2) is 4.57 Å². The topological polar surface area (TPSA) is 4.93 Å². The first-order valence-corrected chi connectivity index (χ1v) is 18.9. The first kappa shape index (κ1) is 30.1. The van der Waals surface area contributed by atoms with Crippen molar-refractivity contribution >= 4 is 45.3 Å². The molecule has 0 spiro atoms. The zero-order valence-corrected chi connectivity index (χ0v) is 29.3. The largest absolute Gasteiger partial charge is 0.309 e. The molecular weight excluding hydrogens is 655 g/mol. The third-order valence-electron chi connectivity index (χ3n) is 9.89. The summed E-state index contributed by atoms with van der Waals surface area (Å²) in [6, 6.07) is 68.8. The van der Waals surface area contributed by atoms with Gasteiger partial charge in [0.15, 0.2) is 0 Å². The van der Waals surface area contributed by atoms with Crippen LogP contribution in [0.4, 0.5) is 0 Å². The predicted octanol–water partition coefficient (Wildman–Crippen LogP) is 14.1. The second-order valence-electron chi connectivity index (χ2n) is 12.9. The molecule has 0 bridgehead atoms. The maximum Gasteiger partial charge on any atom is 0.0547 e. The fourth-order valence-corrected chi connectivity index (χ4v) is 9.82. The lowest BCUT2D eigenvalue weighted by Gasteiger charge is -2.22. The number of hydrogen-bond acceptors (Lipinski definition) is 2. The highest BCUT2D eigenvalue weighted by molar-refractivity contribution is 8.00. The molecule has 0 N–H and O–H groups in total. The van der Waals surface area contributed by atoms with Crippen molar-refractivity contribution in [3.05, 3.63) is 188 Å². The average molecular weight is 686 g/mol. The summed E-state index contributed by atoms with van der Waals surface area (Å²) >= 11 is 3.74. The average Bonchev–Trinajstić information content (AvgIpc) is 3.53. The minimum Gasteiger partial charge on any atom is -0.309 e. The van der Waals surface area contributed by atoms with Gasteiger partial charge < -0.3 is 4.57 Å². The van der Waals surface area contributed by atoms with Gasteiger partial charge in [-0.25, -0.2) is 0 Å². The first-order valence-electron chi connectivity index (χ1n) is 17.3. The van der Waals surface area contributed by atoms with Crippen molar-refractivity contribution in [1.29, 1.82) is 0 Å². The van der Waals surface area contributed by atoms with Gasteiger partial charge in [-0.15, -0.1) is 0 Å². The molecule has 0 radical (unpaired) electrons. The Hall–Kier alpha value is -5.74. The summed E-state index contributed by atoms with van der Waals surface area (Å²) in [5, 5.41) is 2.52. The summed E-state index contributed by atoms with van der Waals surface area (Å²) in [4.78, 5) is 5.01. The van der Waals surface area contributed by atoms with Crippen LogP contribution >= 0.6 is 23.5 Å². The van der Waals surface area contributed by atoms with Crippen molar-refractivity contribution in [3.8, 4) is 50.2 Å². The van der Waals surface area contributed by atoms with Gasteiger partial charge in [0.2, 0.25) is 0 Å². The molecule has 1 aromatic heterocycles. The third-order valence-corrected chi connectivity index (χ3v) is 12.2. The summed E-state index contributed by atoms with van der Waals surface area (Å²) in [7, 11) is 0. The Kier molecular flexibility index (Phi) is 7.41. The normalized spacial score (nSPS) is 12.2. The first-order chi connectivity index (χ1) is 25.3. The van der Waals surface area contributed by atoms with Gasteiger partial charge in [0.1, 0.15) is 0 Å². The lowest BCUT2D eigenvalue weighted by Crippen LogP contribution is -1.96. The number of aromatic nitrogens is 1. The van der Waals surface area contributed by atoms with E-state index in [1.165, 1.54) is 91.6 Å². The second-order valence-corrected chi connectivity index (χ2v) is 15.0. The van der Waals surface area contributed by atoms with E-state index in [1.54, 1.807) is 0 Å². The van der Waals surface area contributed by atoms with E-state index in [0.717, 1.165) is 0 Å². The van der Waals surface area contributed by atoms with Crippen LogP contribution in [0.25, 0.3) is 72.0 Å². The van der Waals surface area contributed by atoms with Crippen molar-refractivity contribution in [1.82, 2.24) is 4.57 Å². The molecule has 0 fully saturated rings. The second kappa shape index (κ2) is 12.5. The maximum absolute atomic E-state index is 2.41. The molecular formula is C48H31NS2. The van der Waals surface area contributed by atoms with Crippen molar-refractivity contribution in [2.75, 3.05) is 0 Å². The van der Waals surface area contributed by atoms with Crippen LogP contribution in [0.15, 0.2) is 208 Å². The summed E-state index contributed by atoms with van der Waals surface area (Å²) in [6.45, 7) is 0. The Morgan fingerprint density at radius 3 is 1.75 bits per heavy atom. The van der Waals surface area contributed by atoms with Crippen LogP contribution < -0.4 is 0 Å². The van der Waals surface area contributed by atoms with Crippen molar-refractivity contribution in [3.63, 3.8) is 0 Å². The van der Waals surface area contributed by atoms with Gasteiger partial charge in [0, 0.05) is 41.6 Å².